The van der Waals surface area contributed by atoms with Crippen LogP contribution >= 0.6 is 11.3 Å². The summed E-state index contributed by atoms with van der Waals surface area (Å²) in [5, 5.41) is 13.6. The van der Waals surface area contributed by atoms with E-state index in [1.807, 2.05) is 17.5 Å². The number of rotatable bonds is 3. The van der Waals surface area contributed by atoms with Crippen molar-refractivity contribution in [2.24, 2.45) is 0 Å². The van der Waals surface area contributed by atoms with E-state index in [-0.39, 0.29) is 5.82 Å². The predicted molar refractivity (Wildman–Crippen MR) is 78.8 cm³/mol. The lowest BCUT2D eigenvalue weighted by molar-refractivity contribution is 0.225. The molecule has 0 aliphatic heterocycles. The van der Waals surface area contributed by atoms with Crippen LogP contribution in [0.4, 0.5) is 4.39 Å². The first kappa shape index (κ1) is 13.1. The van der Waals surface area contributed by atoms with E-state index in [9.17, 15) is 9.50 Å². The van der Waals surface area contributed by atoms with E-state index < -0.39 is 6.10 Å². The summed E-state index contributed by atoms with van der Waals surface area (Å²) in [6.07, 6.45) is -0.783. The van der Waals surface area contributed by atoms with E-state index in [1.165, 1.54) is 17.4 Å². The fourth-order valence-electron chi connectivity index (χ4n) is 2.26. The van der Waals surface area contributed by atoms with Crippen molar-refractivity contribution in [2.75, 3.05) is 7.11 Å². The third kappa shape index (κ3) is 2.17. The second-order valence-electron chi connectivity index (χ2n) is 4.47. The predicted octanol–water partition coefficient (Wildman–Crippen LogP) is 4.13. The summed E-state index contributed by atoms with van der Waals surface area (Å²) in [5.41, 5.74) is 0.700. The smallest absolute Gasteiger partial charge is 0.131 e. The van der Waals surface area contributed by atoms with E-state index in [4.69, 9.17) is 4.74 Å². The van der Waals surface area contributed by atoms with Gasteiger partial charge in [0.15, 0.2) is 0 Å². The van der Waals surface area contributed by atoms with Crippen LogP contribution in [0.2, 0.25) is 0 Å². The average molecular weight is 288 g/mol. The maximum absolute atomic E-state index is 13.8. The highest BCUT2D eigenvalue weighted by Gasteiger charge is 2.17. The highest BCUT2D eigenvalue weighted by atomic mass is 32.1. The van der Waals surface area contributed by atoms with E-state index in [2.05, 4.69) is 0 Å². The van der Waals surface area contributed by atoms with Crippen molar-refractivity contribution in [1.29, 1.82) is 0 Å². The van der Waals surface area contributed by atoms with E-state index in [0.717, 1.165) is 16.0 Å². The van der Waals surface area contributed by atoms with Crippen LogP contribution in [0.25, 0.3) is 10.8 Å². The molecule has 2 nitrogen and oxygen atoms in total. The second-order valence-corrected chi connectivity index (χ2v) is 5.42. The summed E-state index contributed by atoms with van der Waals surface area (Å²) in [6, 6.07) is 12.0. The molecule has 4 heteroatoms. The molecule has 0 radical (unpaired) electrons. The van der Waals surface area contributed by atoms with E-state index in [0.29, 0.717) is 10.9 Å². The van der Waals surface area contributed by atoms with Gasteiger partial charge in [-0.05, 0) is 23.1 Å². The maximum Gasteiger partial charge on any atom is 0.131 e. The Bertz CT molecular complexity index is 751. The summed E-state index contributed by atoms with van der Waals surface area (Å²) in [5.74, 6) is 0.441. The molecule has 1 atom stereocenters. The summed E-state index contributed by atoms with van der Waals surface area (Å²) in [7, 11) is 1.59. The maximum atomic E-state index is 13.8. The molecule has 0 aliphatic carbocycles. The minimum atomic E-state index is -0.783. The number of benzene rings is 2. The standard InChI is InChI=1S/C16H13FO2S/c1-19-10-8-15(20-9-10)16(18)13-6-7-14(17)12-5-3-2-4-11(12)13/h2-9,16,18H,1H3. The molecule has 1 unspecified atom stereocenters. The number of aliphatic hydroxyl groups excluding tert-OH is 1. The first-order valence-corrected chi connectivity index (χ1v) is 7.06. The zero-order valence-electron chi connectivity index (χ0n) is 10.8. The van der Waals surface area contributed by atoms with Gasteiger partial charge in [-0.2, -0.15) is 0 Å². The molecule has 0 aliphatic rings. The lowest BCUT2D eigenvalue weighted by atomic mass is 9.99. The molecule has 1 N–H and O–H groups in total. The Balaban J connectivity index is 2.12. The molecule has 0 saturated heterocycles. The molecular formula is C16H13FO2S. The van der Waals surface area contributed by atoms with Gasteiger partial charge in [-0.25, -0.2) is 4.39 Å². The quantitative estimate of drug-likeness (QED) is 0.785. The molecule has 0 amide bonds. The minimum absolute atomic E-state index is 0.277. The van der Waals surface area contributed by atoms with Crippen LogP contribution in [-0.4, -0.2) is 12.2 Å². The normalized spacial score (nSPS) is 12.6. The molecule has 0 bridgehead atoms. The molecule has 1 aromatic heterocycles. The minimum Gasteiger partial charge on any atom is -0.496 e. The number of aliphatic hydroxyl groups is 1. The lowest BCUT2D eigenvalue weighted by Crippen LogP contribution is -1.99. The highest BCUT2D eigenvalue weighted by Crippen LogP contribution is 2.34. The van der Waals surface area contributed by atoms with Gasteiger partial charge in [0, 0.05) is 15.6 Å². The van der Waals surface area contributed by atoms with Crippen molar-refractivity contribution in [3.63, 3.8) is 0 Å². The van der Waals surface area contributed by atoms with E-state index in [1.54, 1.807) is 31.4 Å². The van der Waals surface area contributed by atoms with Crippen molar-refractivity contribution < 1.29 is 14.2 Å². The number of hydrogen-bond donors (Lipinski definition) is 1. The van der Waals surface area contributed by atoms with Gasteiger partial charge in [-0.15, -0.1) is 11.3 Å². The SMILES string of the molecule is COc1csc(C(O)c2ccc(F)c3ccccc23)c1. The molecule has 0 saturated carbocycles. The summed E-state index contributed by atoms with van der Waals surface area (Å²) in [4.78, 5) is 0.776. The zero-order chi connectivity index (χ0) is 14.1. The van der Waals surface area contributed by atoms with Gasteiger partial charge in [-0.3, -0.25) is 0 Å². The third-order valence-electron chi connectivity index (χ3n) is 3.30. The summed E-state index contributed by atoms with van der Waals surface area (Å²) >= 11 is 1.42. The van der Waals surface area contributed by atoms with Crippen molar-refractivity contribution in [3.05, 3.63) is 64.1 Å². The number of thiophene rings is 1. The summed E-state index contributed by atoms with van der Waals surface area (Å²) in [6.45, 7) is 0. The van der Waals surface area contributed by atoms with Crippen LogP contribution < -0.4 is 4.74 Å². The van der Waals surface area contributed by atoms with Crippen molar-refractivity contribution in [1.82, 2.24) is 0 Å². The van der Waals surface area contributed by atoms with Crippen LogP contribution in [0.15, 0.2) is 47.8 Å². The van der Waals surface area contributed by atoms with Gasteiger partial charge < -0.3 is 9.84 Å². The largest absolute Gasteiger partial charge is 0.496 e. The Kier molecular flexibility index (Phi) is 3.42. The average Bonchev–Trinajstić information content (AvgIpc) is 2.96. The zero-order valence-corrected chi connectivity index (χ0v) is 11.7. The van der Waals surface area contributed by atoms with Crippen LogP contribution in [0.5, 0.6) is 5.75 Å². The van der Waals surface area contributed by atoms with E-state index >= 15 is 0 Å². The van der Waals surface area contributed by atoms with Crippen LogP contribution in [0.3, 0.4) is 0 Å². The van der Waals surface area contributed by atoms with Gasteiger partial charge in [0.05, 0.1) is 7.11 Å². The van der Waals surface area contributed by atoms with Crippen molar-refractivity contribution in [2.45, 2.75) is 6.10 Å². The monoisotopic (exact) mass is 288 g/mol. The number of fused-ring (bicyclic) bond motifs is 1. The van der Waals surface area contributed by atoms with Gasteiger partial charge >= 0.3 is 0 Å². The molecule has 20 heavy (non-hydrogen) atoms. The second kappa shape index (κ2) is 5.23. The number of hydrogen-bond acceptors (Lipinski definition) is 3. The Morgan fingerprint density at radius 3 is 2.60 bits per heavy atom. The Labute approximate surface area is 120 Å². The van der Waals surface area contributed by atoms with Crippen molar-refractivity contribution in [3.8, 4) is 5.75 Å². The fraction of sp³-hybridized carbons (Fsp3) is 0.125. The number of ether oxygens (including phenoxy) is 1. The van der Waals surface area contributed by atoms with Gasteiger partial charge in [-0.1, -0.05) is 30.3 Å². The van der Waals surface area contributed by atoms with Crippen LogP contribution in [0.1, 0.15) is 16.5 Å². The Morgan fingerprint density at radius 1 is 1.15 bits per heavy atom. The molecule has 3 aromatic rings. The highest BCUT2D eigenvalue weighted by molar-refractivity contribution is 7.10. The molecule has 1 heterocycles. The first-order chi connectivity index (χ1) is 9.70. The Morgan fingerprint density at radius 2 is 1.90 bits per heavy atom. The van der Waals surface area contributed by atoms with Crippen LogP contribution in [0, 0.1) is 5.82 Å². The summed E-state index contributed by atoms with van der Waals surface area (Å²) < 4.78 is 18.9. The molecule has 0 spiro atoms. The lowest BCUT2D eigenvalue weighted by Gasteiger charge is -2.12. The van der Waals surface area contributed by atoms with Gasteiger partial charge in [0.2, 0.25) is 0 Å². The molecular weight excluding hydrogens is 275 g/mol. The Hall–Kier alpha value is -1.91. The van der Waals surface area contributed by atoms with Gasteiger partial charge in [0.25, 0.3) is 0 Å². The van der Waals surface area contributed by atoms with Crippen LogP contribution in [-0.2, 0) is 0 Å². The fourth-order valence-corrected chi connectivity index (χ4v) is 3.12. The van der Waals surface area contributed by atoms with Crippen molar-refractivity contribution >= 4 is 22.1 Å². The first-order valence-electron chi connectivity index (χ1n) is 6.18. The number of methoxy groups -OCH3 is 1. The van der Waals surface area contributed by atoms with Gasteiger partial charge in [0.1, 0.15) is 17.7 Å². The third-order valence-corrected chi connectivity index (χ3v) is 4.26. The molecule has 102 valence electrons. The molecule has 0 fully saturated rings. The number of halogens is 1. The molecule has 3 rings (SSSR count). The topological polar surface area (TPSA) is 29.5 Å². The molecule has 2 aromatic carbocycles.